The molecular formula is C7H11N3O2S. The summed E-state index contributed by atoms with van der Waals surface area (Å²) in [5, 5.41) is 6.25. The van der Waals surface area contributed by atoms with Crippen LogP contribution in [0.5, 0.6) is 0 Å². The highest BCUT2D eigenvalue weighted by atomic mass is 32.2. The maximum absolute atomic E-state index is 11.0. The van der Waals surface area contributed by atoms with Crippen LogP contribution in [0.3, 0.4) is 0 Å². The highest BCUT2D eigenvalue weighted by Gasteiger charge is 2.24. The van der Waals surface area contributed by atoms with Crippen LogP contribution >= 0.6 is 0 Å². The molecule has 0 atom stereocenters. The molecule has 13 heavy (non-hydrogen) atoms. The average Bonchev–Trinajstić information content (AvgIpc) is 2.29. The molecule has 1 aromatic heterocycles. The summed E-state index contributed by atoms with van der Waals surface area (Å²) in [5.74, 6) is 1.11. The van der Waals surface area contributed by atoms with E-state index in [1.807, 2.05) is 0 Å². The van der Waals surface area contributed by atoms with Crippen molar-refractivity contribution >= 4 is 9.84 Å². The Labute approximate surface area is 76.5 Å². The van der Waals surface area contributed by atoms with E-state index in [4.69, 9.17) is 0 Å². The highest BCUT2D eigenvalue weighted by Crippen LogP contribution is 2.34. The molecule has 5 nitrogen and oxygen atoms in total. The van der Waals surface area contributed by atoms with Gasteiger partial charge in [0.25, 0.3) is 5.16 Å². The first kappa shape index (κ1) is 8.68. The summed E-state index contributed by atoms with van der Waals surface area (Å²) in [6.07, 6.45) is 4.47. The summed E-state index contributed by atoms with van der Waals surface area (Å²) < 4.78 is 22.1. The summed E-state index contributed by atoms with van der Waals surface area (Å²) in [4.78, 5) is 3.95. The van der Waals surface area contributed by atoms with Gasteiger partial charge < -0.3 is 0 Å². The smallest absolute Gasteiger partial charge is 0.262 e. The van der Waals surface area contributed by atoms with E-state index in [9.17, 15) is 8.42 Å². The van der Waals surface area contributed by atoms with Crippen molar-refractivity contribution < 1.29 is 8.42 Å². The predicted molar refractivity (Wildman–Crippen MR) is 46.1 cm³/mol. The number of sulfone groups is 1. The van der Waals surface area contributed by atoms with Gasteiger partial charge in [-0.25, -0.2) is 13.4 Å². The summed E-state index contributed by atoms with van der Waals surface area (Å²) in [5.41, 5.74) is 0. The summed E-state index contributed by atoms with van der Waals surface area (Å²) in [7, 11) is -3.25. The molecule has 0 aliphatic heterocycles. The first-order valence-corrected chi connectivity index (χ1v) is 6.09. The lowest BCUT2D eigenvalue weighted by Gasteiger charge is -2.22. The van der Waals surface area contributed by atoms with Crippen LogP contribution in [0, 0.1) is 0 Å². The van der Waals surface area contributed by atoms with Gasteiger partial charge in [0, 0.05) is 12.2 Å². The quantitative estimate of drug-likeness (QED) is 0.755. The molecule has 0 bridgehead atoms. The normalized spacial score (nSPS) is 18.5. The van der Waals surface area contributed by atoms with Crippen LogP contribution in [0.4, 0.5) is 0 Å². The van der Waals surface area contributed by atoms with Crippen LogP contribution in [0.2, 0.25) is 0 Å². The first-order valence-electron chi connectivity index (χ1n) is 4.20. The zero-order valence-corrected chi connectivity index (χ0v) is 8.13. The fourth-order valence-corrected chi connectivity index (χ4v) is 1.76. The number of nitrogens with zero attached hydrogens (tertiary/aromatic N) is 2. The molecule has 1 N–H and O–H groups in total. The second-order valence-corrected chi connectivity index (χ2v) is 5.31. The molecule has 0 amide bonds. The van der Waals surface area contributed by atoms with Crippen molar-refractivity contribution in [3.05, 3.63) is 5.82 Å². The van der Waals surface area contributed by atoms with Gasteiger partial charge in [0.1, 0.15) is 5.82 Å². The molecule has 0 aromatic carbocycles. The van der Waals surface area contributed by atoms with E-state index >= 15 is 0 Å². The predicted octanol–water partition coefficient (Wildman–Crippen LogP) is 0.476. The fourth-order valence-electron chi connectivity index (χ4n) is 1.29. The van der Waals surface area contributed by atoms with Gasteiger partial charge in [-0.3, -0.25) is 5.10 Å². The molecule has 1 aromatic rings. The number of rotatable bonds is 2. The van der Waals surface area contributed by atoms with E-state index in [2.05, 4.69) is 15.2 Å². The van der Waals surface area contributed by atoms with E-state index < -0.39 is 9.84 Å². The summed E-state index contributed by atoms with van der Waals surface area (Å²) in [6, 6.07) is 0. The van der Waals surface area contributed by atoms with Crippen molar-refractivity contribution in [2.24, 2.45) is 0 Å². The molecule has 0 radical (unpaired) electrons. The standard InChI is InChI=1S/C7H11N3O2S/c1-13(11,12)7-8-6(9-10-7)5-3-2-4-5/h5H,2-4H2,1H3,(H,8,9,10). The molecule has 0 saturated heterocycles. The molecule has 1 heterocycles. The van der Waals surface area contributed by atoms with Gasteiger partial charge >= 0.3 is 0 Å². The SMILES string of the molecule is CS(=O)(=O)c1n[nH]c(C2CCC2)n1. The van der Waals surface area contributed by atoms with Crippen LogP contribution < -0.4 is 0 Å². The molecule has 0 unspecified atom stereocenters. The third-order valence-corrected chi connectivity index (χ3v) is 3.15. The van der Waals surface area contributed by atoms with Crippen LogP contribution in [0.15, 0.2) is 5.16 Å². The van der Waals surface area contributed by atoms with Crippen molar-refractivity contribution in [2.45, 2.75) is 30.3 Å². The Morgan fingerprint density at radius 1 is 1.46 bits per heavy atom. The monoisotopic (exact) mass is 201 g/mol. The minimum Gasteiger partial charge on any atom is -0.262 e. The Morgan fingerprint density at radius 3 is 2.54 bits per heavy atom. The van der Waals surface area contributed by atoms with Crippen molar-refractivity contribution in [2.75, 3.05) is 6.26 Å². The third-order valence-electron chi connectivity index (χ3n) is 2.31. The van der Waals surface area contributed by atoms with Crippen LogP contribution in [0.1, 0.15) is 31.0 Å². The Kier molecular flexibility index (Phi) is 1.87. The molecule has 1 saturated carbocycles. The van der Waals surface area contributed by atoms with Gasteiger partial charge in [-0.15, -0.1) is 5.10 Å². The largest absolute Gasteiger partial charge is 0.266 e. The maximum atomic E-state index is 11.0. The zero-order valence-electron chi connectivity index (χ0n) is 7.32. The topological polar surface area (TPSA) is 75.7 Å². The van der Waals surface area contributed by atoms with Crippen molar-refractivity contribution in [1.29, 1.82) is 0 Å². The first-order chi connectivity index (χ1) is 6.07. The number of hydrogen-bond acceptors (Lipinski definition) is 4. The third kappa shape index (κ3) is 1.58. The molecule has 1 aliphatic carbocycles. The maximum Gasteiger partial charge on any atom is 0.266 e. The van der Waals surface area contributed by atoms with Gasteiger partial charge in [0.2, 0.25) is 9.84 Å². The lowest BCUT2D eigenvalue weighted by molar-refractivity contribution is 0.402. The molecule has 1 fully saturated rings. The van der Waals surface area contributed by atoms with Crippen molar-refractivity contribution in [3.63, 3.8) is 0 Å². The molecule has 6 heteroatoms. The van der Waals surface area contributed by atoms with Gasteiger partial charge in [-0.05, 0) is 12.8 Å². The van der Waals surface area contributed by atoms with Gasteiger partial charge in [-0.1, -0.05) is 6.42 Å². The van der Waals surface area contributed by atoms with Crippen LogP contribution in [-0.2, 0) is 9.84 Å². The number of aromatic nitrogens is 3. The van der Waals surface area contributed by atoms with Crippen LogP contribution in [-0.4, -0.2) is 29.9 Å². The number of nitrogens with one attached hydrogen (secondary N) is 1. The molecule has 0 spiro atoms. The Balaban J connectivity index is 2.27. The minimum atomic E-state index is -3.25. The average molecular weight is 201 g/mol. The molecular weight excluding hydrogens is 190 g/mol. The summed E-state index contributed by atoms with van der Waals surface area (Å²) in [6.45, 7) is 0. The Hall–Kier alpha value is -0.910. The highest BCUT2D eigenvalue weighted by molar-refractivity contribution is 7.90. The molecule has 1 aliphatic rings. The number of aromatic amines is 1. The number of H-pyrrole nitrogens is 1. The lowest BCUT2D eigenvalue weighted by Crippen LogP contribution is -2.10. The van der Waals surface area contributed by atoms with E-state index in [0.717, 1.165) is 19.1 Å². The Bertz CT molecular complexity index is 405. The minimum absolute atomic E-state index is 0.0885. The van der Waals surface area contributed by atoms with E-state index in [0.29, 0.717) is 11.7 Å². The van der Waals surface area contributed by atoms with Crippen molar-refractivity contribution in [1.82, 2.24) is 15.2 Å². The lowest BCUT2D eigenvalue weighted by atomic mass is 9.85. The van der Waals surface area contributed by atoms with Gasteiger partial charge in [0.05, 0.1) is 0 Å². The van der Waals surface area contributed by atoms with E-state index in [1.165, 1.54) is 6.42 Å². The van der Waals surface area contributed by atoms with Gasteiger partial charge in [-0.2, -0.15) is 0 Å². The van der Waals surface area contributed by atoms with E-state index in [-0.39, 0.29) is 5.16 Å². The summed E-state index contributed by atoms with van der Waals surface area (Å²) >= 11 is 0. The van der Waals surface area contributed by atoms with Gasteiger partial charge in [0.15, 0.2) is 0 Å². The zero-order chi connectivity index (χ0) is 9.47. The molecule has 2 rings (SSSR count). The Morgan fingerprint density at radius 2 is 2.15 bits per heavy atom. The second-order valence-electron chi connectivity index (χ2n) is 3.40. The van der Waals surface area contributed by atoms with E-state index in [1.54, 1.807) is 0 Å². The number of hydrogen-bond donors (Lipinski definition) is 1. The fraction of sp³-hybridized carbons (Fsp3) is 0.714. The molecule has 72 valence electrons. The van der Waals surface area contributed by atoms with Crippen LogP contribution in [0.25, 0.3) is 0 Å². The van der Waals surface area contributed by atoms with Crippen molar-refractivity contribution in [3.8, 4) is 0 Å². The second kappa shape index (κ2) is 2.80.